The number of rotatable bonds is 3. The Morgan fingerprint density at radius 3 is 2.38 bits per heavy atom. The Bertz CT molecular complexity index is 600. The van der Waals surface area contributed by atoms with Gasteiger partial charge in [-0.25, -0.2) is 8.42 Å². The second kappa shape index (κ2) is 4.26. The van der Waals surface area contributed by atoms with Gasteiger partial charge in [0.2, 0.25) is 0 Å². The van der Waals surface area contributed by atoms with Crippen LogP contribution in [0, 0.1) is 0 Å². The number of hydrogen-bond donors (Lipinski definition) is 0. The van der Waals surface area contributed by atoms with Crippen molar-refractivity contribution in [2.45, 2.75) is 18.2 Å². The van der Waals surface area contributed by atoms with Crippen molar-refractivity contribution in [1.29, 1.82) is 0 Å². The van der Waals surface area contributed by atoms with Gasteiger partial charge in [-0.05, 0) is 29.3 Å². The van der Waals surface area contributed by atoms with E-state index in [4.69, 9.17) is 0 Å². The SMILES string of the molecule is CCCS(=O)(=O)c1ccc2ccccc2c1. The molecule has 0 aliphatic rings. The van der Waals surface area contributed by atoms with Crippen molar-refractivity contribution in [2.24, 2.45) is 0 Å². The van der Waals surface area contributed by atoms with Crippen LogP contribution in [0.2, 0.25) is 0 Å². The van der Waals surface area contributed by atoms with Crippen molar-refractivity contribution in [2.75, 3.05) is 5.75 Å². The zero-order chi connectivity index (χ0) is 11.6. The van der Waals surface area contributed by atoms with Crippen molar-refractivity contribution < 1.29 is 8.42 Å². The van der Waals surface area contributed by atoms with E-state index in [-0.39, 0.29) is 5.75 Å². The van der Waals surface area contributed by atoms with Crippen LogP contribution in [0.3, 0.4) is 0 Å². The molecule has 0 radical (unpaired) electrons. The highest BCUT2D eigenvalue weighted by Gasteiger charge is 2.12. The van der Waals surface area contributed by atoms with E-state index < -0.39 is 9.84 Å². The number of fused-ring (bicyclic) bond motifs is 1. The predicted molar refractivity (Wildman–Crippen MR) is 66.3 cm³/mol. The highest BCUT2D eigenvalue weighted by Crippen LogP contribution is 2.20. The van der Waals surface area contributed by atoms with Gasteiger partial charge >= 0.3 is 0 Å². The Morgan fingerprint density at radius 2 is 1.69 bits per heavy atom. The molecule has 2 aromatic rings. The molecule has 0 spiro atoms. The van der Waals surface area contributed by atoms with Gasteiger partial charge in [-0.3, -0.25) is 0 Å². The lowest BCUT2D eigenvalue weighted by atomic mass is 10.1. The lowest BCUT2D eigenvalue weighted by Crippen LogP contribution is -2.05. The Labute approximate surface area is 95.8 Å². The van der Waals surface area contributed by atoms with E-state index in [1.807, 2.05) is 37.3 Å². The summed E-state index contributed by atoms with van der Waals surface area (Å²) in [6.07, 6.45) is 0.648. The van der Waals surface area contributed by atoms with Gasteiger partial charge in [0.1, 0.15) is 0 Å². The van der Waals surface area contributed by atoms with Crippen molar-refractivity contribution in [1.82, 2.24) is 0 Å². The fraction of sp³-hybridized carbons (Fsp3) is 0.231. The quantitative estimate of drug-likeness (QED) is 0.818. The maximum Gasteiger partial charge on any atom is 0.178 e. The molecule has 84 valence electrons. The molecule has 0 heterocycles. The number of hydrogen-bond acceptors (Lipinski definition) is 2. The van der Waals surface area contributed by atoms with Gasteiger partial charge in [0.25, 0.3) is 0 Å². The van der Waals surface area contributed by atoms with Crippen molar-refractivity contribution in [3.63, 3.8) is 0 Å². The zero-order valence-corrected chi connectivity index (χ0v) is 10.00. The first-order valence-electron chi connectivity index (χ1n) is 5.35. The van der Waals surface area contributed by atoms with Crippen LogP contribution >= 0.6 is 0 Å². The first-order chi connectivity index (χ1) is 7.63. The number of sulfone groups is 1. The van der Waals surface area contributed by atoms with Crippen molar-refractivity contribution in [3.8, 4) is 0 Å². The summed E-state index contributed by atoms with van der Waals surface area (Å²) in [5.74, 6) is 0.214. The molecule has 0 atom stereocenters. The molecule has 3 heteroatoms. The molecule has 0 saturated heterocycles. The second-order valence-corrected chi connectivity index (χ2v) is 5.94. The lowest BCUT2D eigenvalue weighted by Gasteiger charge is -2.04. The van der Waals surface area contributed by atoms with Gasteiger partial charge < -0.3 is 0 Å². The van der Waals surface area contributed by atoms with Crippen LogP contribution in [0.25, 0.3) is 10.8 Å². The zero-order valence-electron chi connectivity index (χ0n) is 9.18. The van der Waals surface area contributed by atoms with E-state index in [0.29, 0.717) is 11.3 Å². The first-order valence-corrected chi connectivity index (χ1v) is 7.00. The highest BCUT2D eigenvalue weighted by atomic mass is 32.2. The summed E-state index contributed by atoms with van der Waals surface area (Å²) in [5, 5.41) is 2.04. The van der Waals surface area contributed by atoms with Gasteiger partial charge in [0.15, 0.2) is 9.84 Å². The molecule has 16 heavy (non-hydrogen) atoms. The molecular weight excluding hydrogens is 220 g/mol. The monoisotopic (exact) mass is 234 g/mol. The van der Waals surface area contributed by atoms with Crippen LogP contribution in [-0.2, 0) is 9.84 Å². The molecule has 0 amide bonds. The molecule has 2 nitrogen and oxygen atoms in total. The maximum absolute atomic E-state index is 11.9. The van der Waals surface area contributed by atoms with Crippen LogP contribution < -0.4 is 0 Å². The minimum absolute atomic E-state index is 0.214. The maximum atomic E-state index is 11.9. The largest absolute Gasteiger partial charge is 0.224 e. The average Bonchev–Trinajstić information content (AvgIpc) is 2.28. The minimum Gasteiger partial charge on any atom is -0.224 e. The fourth-order valence-electron chi connectivity index (χ4n) is 1.75. The molecule has 0 unspecified atom stereocenters. The molecular formula is C13H14O2S. The molecule has 0 aromatic heterocycles. The Hall–Kier alpha value is -1.35. The van der Waals surface area contributed by atoms with E-state index in [0.717, 1.165) is 10.8 Å². The second-order valence-electron chi connectivity index (χ2n) is 3.83. The normalized spacial score (nSPS) is 11.8. The summed E-state index contributed by atoms with van der Waals surface area (Å²) in [6, 6.07) is 13.1. The summed E-state index contributed by atoms with van der Waals surface area (Å²) in [4.78, 5) is 0.424. The Balaban J connectivity index is 2.55. The number of benzene rings is 2. The van der Waals surface area contributed by atoms with Gasteiger partial charge in [0, 0.05) is 0 Å². The molecule has 2 rings (SSSR count). The van der Waals surface area contributed by atoms with E-state index in [9.17, 15) is 8.42 Å². The topological polar surface area (TPSA) is 34.1 Å². The van der Waals surface area contributed by atoms with Crippen molar-refractivity contribution >= 4 is 20.6 Å². The van der Waals surface area contributed by atoms with Crippen LogP contribution in [-0.4, -0.2) is 14.2 Å². The predicted octanol–water partition coefficient (Wildman–Crippen LogP) is 3.02. The van der Waals surface area contributed by atoms with E-state index in [2.05, 4.69) is 0 Å². The molecule has 2 aromatic carbocycles. The van der Waals surface area contributed by atoms with E-state index in [1.54, 1.807) is 12.1 Å². The molecule has 0 aliphatic heterocycles. The standard InChI is InChI=1S/C13H14O2S/c1-2-9-16(14,15)13-8-7-11-5-3-4-6-12(11)10-13/h3-8,10H,2,9H2,1H3. The average molecular weight is 234 g/mol. The summed E-state index contributed by atoms with van der Waals surface area (Å²) in [5.41, 5.74) is 0. The van der Waals surface area contributed by atoms with Gasteiger partial charge in [0.05, 0.1) is 10.6 Å². The first kappa shape index (κ1) is 11.1. The summed E-state index contributed by atoms with van der Waals surface area (Å²) in [7, 11) is -3.10. The van der Waals surface area contributed by atoms with Crippen LogP contribution in [0.1, 0.15) is 13.3 Å². The third kappa shape index (κ3) is 2.09. The molecule has 0 saturated carbocycles. The third-order valence-electron chi connectivity index (χ3n) is 2.55. The molecule has 0 N–H and O–H groups in total. The third-order valence-corrected chi connectivity index (χ3v) is 4.47. The van der Waals surface area contributed by atoms with Crippen LogP contribution in [0.15, 0.2) is 47.4 Å². The lowest BCUT2D eigenvalue weighted by molar-refractivity contribution is 0.595. The van der Waals surface area contributed by atoms with Gasteiger partial charge in [-0.1, -0.05) is 37.3 Å². The van der Waals surface area contributed by atoms with Crippen LogP contribution in [0.5, 0.6) is 0 Å². The minimum atomic E-state index is -3.10. The molecule has 0 bridgehead atoms. The van der Waals surface area contributed by atoms with E-state index >= 15 is 0 Å². The smallest absolute Gasteiger partial charge is 0.178 e. The van der Waals surface area contributed by atoms with E-state index in [1.165, 1.54) is 0 Å². The van der Waals surface area contributed by atoms with Crippen LogP contribution in [0.4, 0.5) is 0 Å². The highest BCUT2D eigenvalue weighted by molar-refractivity contribution is 7.91. The van der Waals surface area contributed by atoms with Crippen molar-refractivity contribution in [3.05, 3.63) is 42.5 Å². The fourth-order valence-corrected chi connectivity index (χ4v) is 3.10. The summed E-state index contributed by atoms with van der Waals surface area (Å²) < 4.78 is 23.8. The van der Waals surface area contributed by atoms with Gasteiger partial charge in [-0.2, -0.15) is 0 Å². The Kier molecular flexibility index (Phi) is 2.97. The van der Waals surface area contributed by atoms with Gasteiger partial charge in [-0.15, -0.1) is 0 Å². The summed E-state index contributed by atoms with van der Waals surface area (Å²) in [6.45, 7) is 1.87. The molecule has 0 aliphatic carbocycles. The molecule has 0 fully saturated rings. The summed E-state index contributed by atoms with van der Waals surface area (Å²) >= 11 is 0. The Morgan fingerprint density at radius 1 is 1.00 bits per heavy atom.